The Balaban J connectivity index is 2.66. The third-order valence-corrected chi connectivity index (χ3v) is 3.15. The molecule has 3 nitrogen and oxygen atoms in total. The van der Waals surface area contributed by atoms with E-state index in [0.29, 0.717) is 0 Å². The van der Waals surface area contributed by atoms with Crippen LogP contribution in [0, 0.1) is 12.3 Å². The van der Waals surface area contributed by atoms with Crippen molar-refractivity contribution in [3.63, 3.8) is 0 Å². The fraction of sp³-hybridized carbons (Fsp3) is 0.500. The third kappa shape index (κ3) is 3.11. The van der Waals surface area contributed by atoms with Gasteiger partial charge in [-0.05, 0) is 18.6 Å². The molecule has 90 valence electrons. The van der Waals surface area contributed by atoms with Gasteiger partial charge in [0, 0.05) is 5.88 Å². The van der Waals surface area contributed by atoms with Crippen LogP contribution >= 0.6 is 11.6 Å². The van der Waals surface area contributed by atoms with Gasteiger partial charge in [0.1, 0.15) is 5.75 Å². The standard InChI is InChI=1S/C12H17ClO3/c1-10-4-2-3-5-11(10)16-9-12(6-13,7-14)8-15/h2-5,14-15H,6-9H2,1H3. The molecule has 1 rings (SSSR count). The minimum atomic E-state index is -0.774. The second kappa shape index (κ2) is 6.09. The van der Waals surface area contributed by atoms with Crippen LogP contribution in [0.1, 0.15) is 5.56 Å². The molecule has 1 aromatic carbocycles. The Kier molecular flexibility index (Phi) is 5.06. The lowest BCUT2D eigenvalue weighted by Crippen LogP contribution is -2.38. The zero-order chi connectivity index (χ0) is 12.0. The lowest BCUT2D eigenvalue weighted by atomic mass is 9.94. The molecular weight excluding hydrogens is 228 g/mol. The van der Waals surface area contributed by atoms with Crippen LogP contribution in [0.25, 0.3) is 0 Å². The molecule has 0 aromatic heterocycles. The number of benzene rings is 1. The van der Waals surface area contributed by atoms with Crippen LogP contribution in [0.5, 0.6) is 5.75 Å². The molecule has 4 heteroatoms. The largest absolute Gasteiger partial charge is 0.493 e. The number of hydrogen-bond acceptors (Lipinski definition) is 3. The van der Waals surface area contributed by atoms with Crippen molar-refractivity contribution in [3.05, 3.63) is 29.8 Å². The highest BCUT2D eigenvalue weighted by molar-refractivity contribution is 6.18. The highest BCUT2D eigenvalue weighted by Crippen LogP contribution is 2.22. The zero-order valence-corrected chi connectivity index (χ0v) is 10.1. The maximum Gasteiger partial charge on any atom is 0.122 e. The Morgan fingerprint density at radius 1 is 1.25 bits per heavy atom. The summed E-state index contributed by atoms with van der Waals surface area (Å²) in [4.78, 5) is 0. The van der Waals surface area contributed by atoms with Gasteiger partial charge in [-0.15, -0.1) is 11.6 Å². The van der Waals surface area contributed by atoms with Crippen LogP contribution in [0.15, 0.2) is 24.3 Å². The van der Waals surface area contributed by atoms with Crippen LogP contribution in [0.3, 0.4) is 0 Å². The first-order chi connectivity index (χ1) is 7.67. The smallest absolute Gasteiger partial charge is 0.122 e. The molecule has 0 aliphatic heterocycles. The van der Waals surface area contributed by atoms with E-state index < -0.39 is 5.41 Å². The van der Waals surface area contributed by atoms with E-state index in [1.54, 1.807) is 0 Å². The third-order valence-electron chi connectivity index (χ3n) is 2.58. The van der Waals surface area contributed by atoms with Crippen molar-refractivity contribution in [3.8, 4) is 5.75 Å². The number of alkyl halides is 1. The van der Waals surface area contributed by atoms with Crippen LogP contribution in [-0.4, -0.2) is 35.9 Å². The molecule has 2 N–H and O–H groups in total. The molecule has 0 fully saturated rings. The summed E-state index contributed by atoms with van der Waals surface area (Å²) in [6, 6.07) is 7.59. The highest BCUT2D eigenvalue weighted by Gasteiger charge is 2.29. The Labute approximate surface area is 101 Å². The molecule has 0 heterocycles. The molecule has 0 aliphatic rings. The monoisotopic (exact) mass is 244 g/mol. The van der Waals surface area contributed by atoms with Crippen LogP contribution in [0.4, 0.5) is 0 Å². The summed E-state index contributed by atoms with van der Waals surface area (Å²) < 4.78 is 5.57. The van der Waals surface area contributed by atoms with E-state index in [0.717, 1.165) is 11.3 Å². The summed E-state index contributed by atoms with van der Waals surface area (Å²) in [6.45, 7) is 1.75. The summed E-state index contributed by atoms with van der Waals surface area (Å²) in [5, 5.41) is 18.4. The quantitative estimate of drug-likeness (QED) is 0.747. The maximum atomic E-state index is 9.20. The molecule has 0 atom stereocenters. The minimum absolute atomic E-state index is 0.159. The molecule has 0 saturated heterocycles. The molecule has 16 heavy (non-hydrogen) atoms. The number of ether oxygens (including phenoxy) is 1. The molecule has 0 saturated carbocycles. The van der Waals surface area contributed by atoms with E-state index in [1.165, 1.54) is 0 Å². The van der Waals surface area contributed by atoms with Gasteiger partial charge in [0.05, 0.1) is 25.2 Å². The van der Waals surface area contributed by atoms with Gasteiger partial charge in [-0.1, -0.05) is 18.2 Å². The van der Waals surface area contributed by atoms with Gasteiger partial charge < -0.3 is 14.9 Å². The van der Waals surface area contributed by atoms with Gasteiger partial charge in [0.2, 0.25) is 0 Å². The Morgan fingerprint density at radius 2 is 1.88 bits per heavy atom. The molecule has 0 bridgehead atoms. The Morgan fingerprint density at radius 3 is 2.38 bits per heavy atom. The van der Waals surface area contributed by atoms with E-state index in [2.05, 4.69) is 0 Å². The van der Waals surface area contributed by atoms with Gasteiger partial charge in [-0.2, -0.15) is 0 Å². The first-order valence-corrected chi connectivity index (χ1v) is 5.67. The van der Waals surface area contributed by atoms with E-state index in [-0.39, 0.29) is 25.7 Å². The van der Waals surface area contributed by atoms with Crippen molar-refractivity contribution in [1.29, 1.82) is 0 Å². The maximum absolute atomic E-state index is 9.20. The topological polar surface area (TPSA) is 49.7 Å². The lowest BCUT2D eigenvalue weighted by molar-refractivity contribution is 0.0312. The summed E-state index contributed by atoms with van der Waals surface area (Å²) in [5.74, 6) is 0.908. The average Bonchev–Trinajstić information content (AvgIpc) is 2.34. The fourth-order valence-electron chi connectivity index (χ4n) is 1.21. The van der Waals surface area contributed by atoms with Crippen molar-refractivity contribution in [2.24, 2.45) is 5.41 Å². The van der Waals surface area contributed by atoms with Gasteiger partial charge in [0.15, 0.2) is 0 Å². The zero-order valence-electron chi connectivity index (χ0n) is 9.32. The predicted octanol–water partition coefficient (Wildman–Crippen LogP) is 1.58. The van der Waals surface area contributed by atoms with E-state index in [4.69, 9.17) is 16.3 Å². The number of para-hydroxylation sites is 1. The molecule has 0 amide bonds. The molecule has 1 aromatic rings. The number of aryl methyl sites for hydroxylation is 1. The number of rotatable bonds is 6. The van der Waals surface area contributed by atoms with Crippen molar-refractivity contribution in [1.82, 2.24) is 0 Å². The SMILES string of the molecule is Cc1ccccc1OCC(CO)(CO)CCl. The van der Waals surface area contributed by atoms with Gasteiger partial charge in [-0.25, -0.2) is 0 Å². The Bertz CT molecular complexity index is 316. The van der Waals surface area contributed by atoms with E-state index >= 15 is 0 Å². The van der Waals surface area contributed by atoms with Gasteiger partial charge in [-0.3, -0.25) is 0 Å². The summed E-state index contributed by atoms with van der Waals surface area (Å²) in [5.41, 5.74) is 0.242. The van der Waals surface area contributed by atoms with Crippen LogP contribution in [0.2, 0.25) is 0 Å². The molecule has 0 radical (unpaired) electrons. The van der Waals surface area contributed by atoms with Gasteiger partial charge in [0.25, 0.3) is 0 Å². The van der Waals surface area contributed by atoms with Crippen LogP contribution < -0.4 is 4.74 Å². The summed E-state index contributed by atoms with van der Waals surface area (Å²) >= 11 is 5.73. The first-order valence-electron chi connectivity index (χ1n) is 5.13. The summed E-state index contributed by atoms with van der Waals surface area (Å²) in [6.07, 6.45) is 0. The number of halogens is 1. The number of hydrogen-bond donors (Lipinski definition) is 2. The molecule has 0 unspecified atom stereocenters. The normalized spacial score (nSPS) is 11.5. The van der Waals surface area contributed by atoms with Crippen molar-refractivity contribution >= 4 is 11.6 Å². The number of aliphatic hydroxyl groups excluding tert-OH is 2. The van der Waals surface area contributed by atoms with E-state index in [1.807, 2.05) is 31.2 Å². The first kappa shape index (κ1) is 13.3. The van der Waals surface area contributed by atoms with E-state index in [9.17, 15) is 10.2 Å². The van der Waals surface area contributed by atoms with Crippen molar-refractivity contribution in [2.45, 2.75) is 6.92 Å². The van der Waals surface area contributed by atoms with Crippen molar-refractivity contribution < 1.29 is 14.9 Å². The lowest BCUT2D eigenvalue weighted by Gasteiger charge is -2.27. The minimum Gasteiger partial charge on any atom is -0.493 e. The van der Waals surface area contributed by atoms with Gasteiger partial charge >= 0.3 is 0 Å². The predicted molar refractivity (Wildman–Crippen MR) is 64.0 cm³/mol. The highest BCUT2D eigenvalue weighted by atomic mass is 35.5. The summed E-state index contributed by atoms with van der Waals surface area (Å²) in [7, 11) is 0. The number of aliphatic hydroxyl groups is 2. The molecular formula is C12H17ClO3. The van der Waals surface area contributed by atoms with Crippen LogP contribution in [-0.2, 0) is 0 Å². The molecule has 0 aliphatic carbocycles. The van der Waals surface area contributed by atoms with Crippen molar-refractivity contribution in [2.75, 3.05) is 25.7 Å². The fourth-order valence-corrected chi connectivity index (χ4v) is 1.46. The average molecular weight is 245 g/mol. The molecule has 0 spiro atoms. The Hall–Kier alpha value is -0.770. The second-order valence-corrected chi connectivity index (χ2v) is 4.27. The second-order valence-electron chi connectivity index (χ2n) is 4.00.